The lowest BCUT2D eigenvalue weighted by molar-refractivity contribution is 0.386. The minimum absolute atomic E-state index is 0.0960. The van der Waals surface area contributed by atoms with Gasteiger partial charge in [0, 0.05) is 0 Å². The molecule has 0 saturated heterocycles. The van der Waals surface area contributed by atoms with Gasteiger partial charge in [-0.05, 0) is 24.1 Å². The quantitative estimate of drug-likeness (QED) is 0.880. The molecule has 2 rings (SSSR count). The predicted molar refractivity (Wildman–Crippen MR) is 73.9 cm³/mol. The maximum atomic E-state index is 13.6. The van der Waals surface area contributed by atoms with E-state index in [1.165, 1.54) is 13.2 Å². The fourth-order valence-electron chi connectivity index (χ4n) is 2.01. The largest absolute Gasteiger partial charge is 0.494 e. The average Bonchev–Trinajstić information content (AvgIpc) is 2.88. The Morgan fingerprint density at radius 1 is 1.45 bits per heavy atom. The van der Waals surface area contributed by atoms with Crippen molar-refractivity contribution in [2.24, 2.45) is 5.73 Å². The summed E-state index contributed by atoms with van der Waals surface area (Å²) in [5.41, 5.74) is 7.54. The minimum Gasteiger partial charge on any atom is -0.494 e. The molecule has 0 aliphatic rings. The van der Waals surface area contributed by atoms with Gasteiger partial charge >= 0.3 is 0 Å². The first-order valence-electron chi connectivity index (χ1n) is 6.62. The van der Waals surface area contributed by atoms with Crippen LogP contribution in [0.25, 0.3) is 0 Å². The van der Waals surface area contributed by atoms with E-state index in [-0.39, 0.29) is 17.6 Å². The van der Waals surface area contributed by atoms with E-state index >= 15 is 0 Å². The summed E-state index contributed by atoms with van der Waals surface area (Å²) >= 11 is 0. The van der Waals surface area contributed by atoms with E-state index < -0.39 is 0 Å². The second-order valence-electron chi connectivity index (χ2n) is 4.71. The molecule has 1 aromatic heterocycles. The molecule has 0 aliphatic carbocycles. The van der Waals surface area contributed by atoms with E-state index in [2.05, 4.69) is 17.2 Å². The summed E-state index contributed by atoms with van der Waals surface area (Å²) in [4.78, 5) is 0. The number of aromatic nitrogens is 3. The Balaban J connectivity index is 2.08. The topological polar surface area (TPSA) is 66.0 Å². The number of methoxy groups -OCH3 is 1. The van der Waals surface area contributed by atoms with Crippen LogP contribution >= 0.6 is 0 Å². The number of ether oxygens (including phenoxy) is 1. The molecule has 0 saturated carbocycles. The van der Waals surface area contributed by atoms with Gasteiger partial charge in [-0.2, -0.15) is 0 Å². The van der Waals surface area contributed by atoms with Gasteiger partial charge in [0.05, 0.1) is 31.6 Å². The van der Waals surface area contributed by atoms with E-state index in [1.54, 1.807) is 16.8 Å². The smallest absolute Gasteiger partial charge is 0.165 e. The van der Waals surface area contributed by atoms with Gasteiger partial charge < -0.3 is 10.5 Å². The van der Waals surface area contributed by atoms with E-state index in [9.17, 15) is 4.39 Å². The molecule has 6 heteroatoms. The highest BCUT2D eigenvalue weighted by Crippen LogP contribution is 2.18. The SMILES string of the molecule is CCCC(N)c1cn(Cc2ccc(OC)c(F)c2)nn1. The van der Waals surface area contributed by atoms with Crippen LogP contribution in [0.5, 0.6) is 5.75 Å². The fourth-order valence-corrected chi connectivity index (χ4v) is 2.01. The number of halogens is 1. The second kappa shape index (κ2) is 6.47. The van der Waals surface area contributed by atoms with E-state index in [0.29, 0.717) is 6.54 Å². The summed E-state index contributed by atoms with van der Waals surface area (Å²) in [5.74, 6) is -0.147. The number of benzene rings is 1. The van der Waals surface area contributed by atoms with Crippen molar-refractivity contribution in [1.82, 2.24) is 15.0 Å². The van der Waals surface area contributed by atoms with Gasteiger partial charge in [-0.3, -0.25) is 0 Å². The van der Waals surface area contributed by atoms with Crippen LogP contribution in [0.2, 0.25) is 0 Å². The Hall–Kier alpha value is -1.95. The number of nitrogens with two attached hydrogens (primary N) is 1. The summed E-state index contributed by atoms with van der Waals surface area (Å²) in [5, 5.41) is 8.08. The first kappa shape index (κ1) is 14.5. The Bertz CT molecular complexity index is 570. The van der Waals surface area contributed by atoms with Crippen LogP contribution in [0.3, 0.4) is 0 Å². The molecule has 1 aromatic carbocycles. The van der Waals surface area contributed by atoms with Crippen LogP contribution in [0.4, 0.5) is 4.39 Å². The Labute approximate surface area is 117 Å². The van der Waals surface area contributed by atoms with Gasteiger partial charge in [-0.1, -0.05) is 24.6 Å². The summed E-state index contributed by atoms with van der Waals surface area (Å²) in [6, 6.07) is 4.74. The predicted octanol–water partition coefficient (Wildman–Crippen LogP) is 2.27. The molecule has 20 heavy (non-hydrogen) atoms. The zero-order valence-electron chi connectivity index (χ0n) is 11.7. The molecule has 2 N–H and O–H groups in total. The zero-order valence-corrected chi connectivity index (χ0v) is 11.7. The molecule has 5 nitrogen and oxygen atoms in total. The fraction of sp³-hybridized carbons (Fsp3) is 0.429. The Morgan fingerprint density at radius 2 is 2.25 bits per heavy atom. The van der Waals surface area contributed by atoms with Crippen LogP contribution in [0, 0.1) is 5.82 Å². The highest BCUT2D eigenvalue weighted by molar-refractivity contribution is 5.29. The summed E-state index contributed by atoms with van der Waals surface area (Å²) in [7, 11) is 1.44. The average molecular weight is 278 g/mol. The molecule has 1 unspecified atom stereocenters. The molecule has 1 atom stereocenters. The Kier molecular flexibility index (Phi) is 4.68. The highest BCUT2D eigenvalue weighted by Gasteiger charge is 2.10. The van der Waals surface area contributed by atoms with Crippen molar-refractivity contribution in [3.63, 3.8) is 0 Å². The van der Waals surface area contributed by atoms with E-state index in [0.717, 1.165) is 24.1 Å². The lowest BCUT2D eigenvalue weighted by atomic mass is 10.1. The van der Waals surface area contributed by atoms with Gasteiger partial charge in [0.2, 0.25) is 0 Å². The second-order valence-corrected chi connectivity index (χ2v) is 4.71. The lowest BCUT2D eigenvalue weighted by Crippen LogP contribution is -2.10. The molecule has 0 fully saturated rings. The van der Waals surface area contributed by atoms with Crippen molar-refractivity contribution in [2.75, 3.05) is 7.11 Å². The molecule has 0 aliphatic heterocycles. The first-order chi connectivity index (χ1) is 9.63. The van der Waals surface area contributed by atoms with Gasteiger partial charge in [-0.15, -0.1) is 5.10 Å². The normalized spacial score (nSPS) is 12.4. The molecule has 1 heterocycles. The van der Waals surface area contributed by atoms with E-state index in [1.807, 2.05) is 6.20 Å². The van der Waals surface area contributed by atoms with Crippen LogP contribution in [-0.2, 0) is 6.54 Å². The van der Waals surface area contributed by atoms with Crippen LogP contribution in [0.15, 0.2) is 24.4 Å². The van der Waals surface area contributed by atoms with Crippen molar-refractivity contribution in [3.8, 4) is 5.75 Å². The molecule has 0 bridgehead atoms. The molecular weight excluding hydrogens is 259 g/mol. The van der Waals surface area contributed by atoms with Crippen molar-refractivity contribution in [1.29, 1.82) is 0 Å². The number of rotatable bonds is 6. The van der Waals surface area contributed by atoms with Crippen LogP contribution in [0.1, 0.15) is 37.1 Å². The molecule has 2 aromatic rings. The van der Waals surface area contributed by atoms with Crippen LogP contribution in [-0.4, -0.2) is 22.1 Å². The maximum Gasteiger partial charge on any atom is 0.165 e. The first-order valence-corrected chi connectivity index (χ1v) is 6.62. The van der Waals surface area contributed by atoms with Gasteiger partial charge in [0.25, 0.3) is 0 Å². The number of hydrogen-bond donors (Lipinski definition) is 1. The highest BCUT2D eigenvalue weighted by atomic mass is 19.1. The third-order valence-corrected chi connectivity index (χ3v) is 3.10. The molecule has 108 valence electrons. The van der Waals surface area contributed by atoms with Crippen LogP contribution < -0.4 is 10.5 Å². The molecule has 0 spiro atoms. The number of nitrogens with zero attached hydrogens (tertiary/aromatic N) is 3. The van der Waals surface area contributed by atoms with Gasteiger partial charge in [0.15, 0.2) is 11.6 Å². The minimum atomic E-state index is -0.381. The van der Waals surface area contributed by atoms with Gasteiger partial charge in [-0.25, -0.2) is 9.07 Å². The summed E-state index contributed by atoms with van der Waals surface area (Å²) in [6.07, 6.45) is 3.68. The Morgan fingerprint density at radius 3 is 2.90 bits per heavy atom. The third kappa shape index (κ3) is 3.33. The van der Waals surface area contributed by atoms with E-state index in [4.69, 9.17) is 10.5 Å². The monoisotopic (exact) mass is 278 g/mol. The standard InChI is InChI=1S/C14H19FN4O/c1-3-4-12(16)13-9-19(18-17-13)8-10-5-6-14(20-2)11(15)7-10/h5-7,9,12H,3-4,8,16H2,1-2H3. The summed E-state index contributed by atoms with van der Waals surface area (Å²) in [6.45, 7) is 2.52. The lowest BCUT2D eigenvalue weighted by Gasteiger charge is -2.06. The van der Waals surface area contributed by atoms with Crippen molar-refractivity contribution >= 4 is 0 Å². The van der Waals surface area contributed by atoms with Crippen molar-refractivity contribution in [2.45, 2.75) is 32.4 Å². The van der Waals surface area contributed by atoms with Crippen molar-refractivity contribution < 1.29 is 9.13 Å². The molecular formula is C14H19FN4O. The zero-order chi connectivity index (χ0) is 14.5. The molecule has 0 radical (unpaired) electrons. The van der Waals surface area contributed by atoms with Gasteiger partial charge in [0.1, 0.15) is 0 Å². The van der Waals surface area contributed by atoms with Crippen molar-refractivity contribution in [3.05, 3.63) is 41.5 Å². The molecule has 0 amide bonds. The maximum absolute atomic E-state index is 13.6. The third-order valence-electron chi connectivity index (χ3n) is 3.10. The summed E-state index contributed by atoms with van der Waals surface area (Å²) < 4.78 is 20.1. The number of hydrogen-bond acceptors (Lipinski definition) is 4.